The first-order chi connectivity index (χ1) is 17.7. The number of carbonyl (C=O) groups is 2. The van der Waals surface area contributed by atoms with Gasteiger partial charge in [0.05, 0.1) is 17.7 Å². The first kappa shape index (κ1) is 28.1. The van der Waals surface area contributed by atoms with Crippen LogP contribution in [0.3, 0.4) is 0 Å². The third-order valence-electron chi connectivity index (χ3n) is 5.46. The number of thiazole rings is 1. The molecule has 1 heterocycles. The largest absolute Gasteiger partial charge is 0.445 e. The molecule has 2 amide bonds. The van der Waals surface area contributed by atoms with E-state index in [1.54, 1.807) is 32.5 Å². The van der Waals surface area contributed by atoms with Crippen molar-refractivity contribution in [2.75, 3.05) is 0 Å². The van der Waals surface area contributed by atoms with Crippen LogP contribution in [0.4, 0.5) is 9.59 Å². The number of ether oxygens (including phenoxy) is 2. The normalized spacial score (nSPS) is 13.7. The predicted molar refractivity (Wildman–Crippen MR) is 143 cm³/mol. The fourth-order valence-corrected chi connectivity index (χ4v) is 4.45. The standard InChI is InChI=1S/C28H35N3O5S/c1-28(2,3)36-27(34)31-24(14-20-10-6-4-7-11-20)25(32)16-22(15-23-17-29-19-37-23)30-26(33)35-18-21-12-8-5-9-13-21/h4-13,17,19,22,24-25,32H,14-16,18H2,1-3H3,(H,30,33)(H,31,34)/t22-,24?,25+/m1/s1. The number of alkyl carbamates (subject to hydrolysis) is 2. The Labute approximate surface area is 222 Å². The maximum absolute atomic E-state index is 12.6. The maximum atomic E-state index is 12.6. The molecule has 3 rings (SSSR count). The molecule has 0 aliphatic heterocycles. The van der Waals surface area contributed by atoms with Crippen LogP contribution in [0.25, 0.3) is 0 Å². The van der Waals surface area contributed by atoms with E-state index in [0.717, 1.165) is 16.0 Å². The lowest BCUT2D eigenvalue weighted by molar-refractivity contribution is 0.0398. The topological polar surface area (TPSA) is 110 Å². The Hall–Kier alpha value is -3.43. The lowest BCUT2D eigenvalue weighted by atomic mass is 9.95. The third kappa shape index (κ3) is 10.6. The number of aliphatic hydroxyl groups excluding tert-OH is 1. The minimum Gasteiger partial charge on any atom is -0.445 e. The first-order valence-electron chi connectivity index (χ1n) is 12.2. The van der Waals surface area contributed by atoms with Gasteiger partial charge in [0.2, 0.25) is 0 Å². The Balaban J connectivity index is 1.69. The molecule has 3 N–H and O–H groups in total. The molecule has 0 radical (unpaired) electrons. The van der Waals surface area contributed by atoms with E-state index < -0.39 is 36.0 Å². The molecule has 1 unspecified atom stereocenters. The van der Waals surface area contributed by atoms with Gasteiger partial charge in [-0.15, -0.1) is 11.3 Å². The third-order valence-corrected chi connectivity index (χ3v) is 6.26. The Bertz CT molecular complexity index is 1090. The number of aliphatic hydroxyl groups is 1. The number of nitrogens with one attached hydrogen (secondary N) is 2. The number of rotatable bonds is 11. The van der Waals surface area contributed by atoms with E-state index in [1.165, 1.54) is 11.3 Å². The summed E-state index contributed by atoms with van der Waals surface area (Å²) < 4.78 is 10.8. The summed E-state index contributed by atoms with van der Waals surface area (Å²) in [6.45, 7) is 5.49. The Morgan fingerprint density at radius 3 is 2.19 bits per heavy atom. The number of hydrogen-bond acceptors (Lipinski definition) is 7. The minimum atomic E-state index is -0.972. The van der Waals surface area contributed by atoms with E-state index in [2.05, 4.69) is 15.6 Å². The van der Waals surface area contributed by atoms with E-state index in [4.69, 9.17) is 9.47 Å². The van der Waals surface area contributed by atoms with Gasteiger partial charge in [-0.1, -0.05) is 60.7 Å². The highest BCUT2D eigenvalue weighted by Gasteiger charge is 2.28. The Kier molecular flexibility index (Phi) is 10.5. The van der Waals surface area contributed by atoms with Crippen LogP contribution in [0.5, 0.6) is 0 Å². The lowest BCUT2D eigenvalue weighted by Crippen LogP contribution is -2.49. The van der Waals surface area contributed by atoms with Gasteiger partial charge in [0.1, 0.15) is 12.2 Å². The quantitative estimate of drug-likeness (QED) is 0.330. The van der Waals surface area contributed by atoms with Crippen molar-refractivity contribution in [3.63, 3.8) is 0 Å². The van der Waals surface area contributed by atoms with Gasteiger partial charge in [-0.25, -0.2) is 9.59 Å². The zero-order valence-electron chi connectivity index (χ0n) is 21.4. The highest BCUT2D eigenvalue weighted by atomic mass is 32.1. The number of hydrogen-bond donors (Lipinski definition) is 3. The molecule has 3 aromatic rings. The molecule has 2 aromatic carbocycles. The summed E-state index contributed by atoms with van der Waals surface area (Å²) in [6.07, 6.45) is 0.624. The van der Waals surface area contributed by atoms with Gasteiger partial charge in [0.25, 0.3) is 0 Å². The number of aromatic nitrogens is 1. The Morgan fingerprint density at radius 1 is 0.946 bits per heavy atom. The van der Waals surface area contributed by atoms with E-state index in [-0.39, 0.29) is 13.0 Å². The van der Waals surface area contributed by atoms with Gasteiger partial charge in [-0.2, -0.15) is 0 Å². The van der Waals surface area contributed by atoms with Crippen LogP contribution in [0.1, 0.15) is 43.2 Å². The van der Waals surface area contributed by atoms with E-state index >= 15 is 0 Å². The van der Waals surface area contributed by atoms with Crippen LogP contribution in [0.2, 0.25) is 0 Å². The molecule has 0 bridgehead atoms. The van der Waals surface area contributed by atoms with Gasteiger partial charge in [0, 0.05) is 23.5 Å². The molecular formula is C28H35N3O5S. The van der Waals surface area contributed by atoms with Gasteiger partial charge < -0.3 is 25.2 Å². The molecule has 0 aliphatic rings. The molecule has 0 fully saturated rings. The molecule has 8 nitrogen and oxygen atoms in total. The van der Waals surface area contributed by atoms with Crippen LogP contribution in [-0.2, 0) is 28.9 Å². The van der Waals surface area contributed by atoms with Crippen LogP contribution >= 0.6 is 11.3 Å². The van der Waals surface area contributed by atoms with Crippen molar-refractivity contribution in [3.05, 3.63) is 88.4 Å². The number of carbonyl (C=O) groups excluding carboxylic acids is 2. The smallest absolute Gasteiger partial charge is 0.407 e. The van der Waals surface area contributed by atoms with Gasteiger partial charge >= 0.3 is 12.2 Å². The van der Waals surface area contributed by atoms with Gasteiger partial charge in [-0.3, -0.25) is 4.98 Å². The molecular weight excluding hydrogens is 490 g/mol. The minimum absolute atomic E-state index is 0.138. The van der Waals surface area contributed by atoms with Crippen molar-refractivity contribution in [2.45, 2.75) is 70.4 Å². The summed E-state index contributed by atoms with van der Waals surface area (Å²) in [5, 5.41) is 17.0. The highest BCUT2D eigenvalue weighted by molar-refractivity contribution is 7.09. The average molecular weight is 526 g/mol. The second kappa shape index (κ2) is 13.8. The summed E-state index contributed by atoms with van der Waals surface area (Å²) in [5.41, 5.74) is 2.88. The summed E-state index contributed by atoms with van der Waals surface area (Å²) in [6, 6.07) is 17.9. The highest BCUT2D eigenvalue weighted by Crippen LogP contribution is 2.17. The van der Waals surface area contributed by atoms with Gasteiger partial charge in [-0.05, 0) is 44.7 Å². The van der Waals surface area contributed by atoms with Crippen molar-refractivity contribution < 1.29 is 24.2 Å². The zero-order chi connectivity index (χ0) is 26.7. The molecule has 198 valence electrons. The van der Waals surface area contributed by atoms with Crippen LogP contribution in [-0.4, -0.2) is 46.1 Å². The molecule has 0 saturated heterocycles. The summed E-state index contributed by atoms with van der Waals surface area (Å²) >= 11 is 1.47. The molecule has 1 aromatic heterocycles. The molecule has 37 heavy (non-hydrogen) atoms. The summed E-state index contributed by atoms with van der Waals surface area (Å²) in [4.78, 5) is 30.2. The van der Waals surface area contributed by atoms with E-state index in [1.807, 2.05) is 60.7 Å². The van der Waals surface area contributed by atoms with E-state index in [0.29, 0.717) is 12.8 Å². The molecule has 3 atom stereocenters. The average Bonchev–Trinajstić information content (AvgIpc) is 3.35. The molecule has 0 spiro atoms. The van der Waals surface area contributed by atoms with Crippen molar-refractivity contribution in [2.24, 2.45) is 0 Å². The van der Waals surface area contributed by atoms with E-state index in [9.17, 15) is 14.7 Å². The van der Waals surface area contributed by atoms with Crippen LogP contribution in [0, 0.1) is 0 Å². The number of nitrogens with zero attached hydrogens (tertiary/aromatic N) is 1. The van der Waals surface area contributed by atoms with Crippen molar-refractivity contribution in [3.8, 4) is 0 Å². The lowest BCUT2D eigenvalue weighted by Gasteiger charge is -2.29. The van der Waals surface area contributed by atoms with Crippen LogP contribution in [0.15, 0.2) is 72.4 Å². The monoisotopic (exact) mass is 525 g/mol. The SMILES string of the molecule is CC(C)(C)OC(=O)NC(Cc1ccccc1)[C@@H](O)C[C@@H](Cc1cncs1)NC(=O)OCc1ccccc1. The van der Waals surface area contributed by atoms with Crippen molar-refractivity contribution in [1.29, 1.82) is 0 Å². The summed E-state index contributed by atoms with van der Waals surface area (Å²) in [5.74, 6) is 0. The Morgan fingerprint density at radius 2 is 1.59 bits per heavy atom. The predicted octanol–water partition coefficient (Wildman–Crippen LogP) is 4.87. The fraction of sp³-hybridized carbons (Fsp3) is 0.393. The number of benzene rings is 2. The first-order valence-corrected chi connectivity index (χ1v) is 13.1. The summed E-state index contributed by atoms with van der Waals surface area (Å²) in [7, 11) is 0. The molecule has 9 heteroatoms. The van der Waals surface area contributed by atoms with Crippen molar-refractivity contribution >= 4 is 23.5 Å². The van der Waals surface area contributed by atoms with Crippen molar-refractivity contribution in [1.82, 2.24) is 15.6 Å². The zero-order valence-corrected chi connectivity index (χ0v) is 22.2. The second-order valence-electron chi connectivity index (χ2n) is 9.82. The molecule has 0 saturated carbocycles. The maximum Gasteiger partial charge on any atom is 0.407 e. The van der Waals surface area contributed by atoms with Gasteiger partial charge in [0.15, 0.2) is 0 Å². The number of amides is 2. The molecule has 0 aliphatic carbocycles. The van der Waals surface area contributed by atoms with Crippen LogP contribution < -0.4 is 10.6 Å². The fourth-order valence-electron chi connectivity index (χ4n) is 3.78. The second-order valence-corrected chi connectivity index (χ2v) is 10.8.